The fourth-order valence-electron chi connectivity index (χ4n) is 6.10. The zero-order chi connectivity index (χ0) is 30.2. The number of aryl methyl sites for hydroxylation is 1. The average Bonchev–Trinajstić information content (AvgIpc) is 3.64. The van der Waals surface area contributed by atoms with Gasteiger partial charge in [0.1, 0.15) is 17.3 Å². The Morgan fingerprint density at radius 1 is 0.750 bits per heavy atom. The molecule has 0 radical (unpaired) electrons. The molecule has 5 aromatic rings. The second kappa shape index (κ2) is 11.5. The minimum atomic E-state index is -2.83. The van der Waals surface area contributed by atoms with Crippen LogP contribution in [0, 0.1) is 0 Å². The van der Waals surface area contributed by atoms with Crippen molar-refractivity contribution in [3.63, 3.8) is 0 Å². The molecule has 1 aliphatic carbocycles. The highest BCUT2D eigenvalue weighted by molar-refractivity contribution is 6.43. The monoisotopic (exact) mass is 583 g/mol. The number of fused-ring (bicyclic) bond motifs is 3. The Hall–Kier alpha value is -5.24. The van der Waals surface area contributed by atoms with Gasteiger partial charge in [-0.05, 0) is 83.6 Å². The number of benzene rings is 4. The largest absolute Gasteiger partial charge is 0.679 e. The third-order valence-electron chi connectivity index (χ3n) is 8.18. The summed E-state index contributed by atoms with van der Waals surface area (Å²) in [7, 11) is 0.404. The van der Waals surface area contributed by atoms with E-state index in [2.05, 4.69) is 0 Å². The maximum Gasteiger partial charge on any atom is 0.679 e. The van der Waals surface area contributed by atoms with Crippen LogP contribution in [0.1, 0.15) is 22.3 Å². The van der Waals surface area contributed by atoms with E-state index in [1.165, 1.54) is 0 Å². The van der Waals surface area contributed by atoms with Crippen LogP contribution in [0.4, 0.5) is 14.4 Å². The van der Waals surface area contributed by atoms with Crippen LogP contribution >= 0.6 is 0 Å². The predicted molar refractivity (Wildman–Crippen MR) is 174 cm³/mol. The van der Waals surface area contributed by atoms with Gasteiger partial charge < -0.3 is 14.0 Å². The topological polar surface area (TPSA) is 48.1 Å². The lowest BCUT2D eigenvalue weighted by atomic mass is 9.86. The van der Waals surface area contributed by atoms with Crippen LogP contribution in [0.25, 0.3) is 28.0 Å². The number of aromatic nitrogens is 1. The Balaban J connectivity index is 1.49. The molecule has 0 bridgehead atoms. The van der Waals surface area contributed by atoms with E-state index in [1.807, 2.05) is 109 Å². The molecule has 0 unspecified atom stereocenters. The van der Waals surface area contributed by atoms with Crippen LogP contribution in [0.5, 0.6) is 11.5 Å². The molecule has 5 nitrogen and oxygen atoms in total. The molecule has 0 fully saturated rings. The van der Waals surface area contributed by atoms with Gasteiger partial charge in [0.05, 0.1) is 19.9 Å². The number of allylic oxidation sites excluding steroid dienone is 1. The van der Waals surface area contributed by atoms with Gasteiger partial charge in [-0.2, -0.15) is 0 Å². The van der Waals surface area contributed by atoms with E-state index in [-0.39, 0.29) is 5.82 Å². The highest BCUT2D eigenvalue weighted by Crippen LogP contribution is 2.48. The number of nitrogens with zero attached hydrogens (tertiary/aromatic N) is 3. The number of aliphatic imine (C=N–C) groups is 2. The summed E-state index contributed by atoms with van der Waals surface area (Å²) >= 11 is 0. The molecule has 4 aromatic carbocycles. The molecule has 44 heavy (non-hydrogen) atoms. The van der Waals surface area contributed by atoms with Gasteiger partial charge in [0.2, 0.25) is 0 Å². The van der Waals surface area contributed by atoms with E-state index in [9.17, 15) is 0 Å². The van der Waals surface area contributed by atoms with Crippen LogP contribution in [0.15, 0.2) is 119 Å². The molecule has 0 saturated heterocycles. The van der Waals surface area contributed by atoms with Gasteiger partial charge in [-0.15, -0.1) is 0 Å². The molecular weight excluding hydrogens is 555 g/mol. The summed E-state index contributed by atoms with van der Waals surface area (Å²) in [6.45, 7) is 0. The van der Waals surface area contributed by atoms with Crippen molar-refractivity contribution in [2.45, 2.75) is 12.8 Å². The van der Waals surface area contributed by atoms with Crippen molar-refractivity contribution in [3.8, 4) is 33.9 Å². The summed E-state index contributed by atoms with van der Waals surface area (Å²) in [6.07, 6.45) is 3.27. The van der Waals surface area contributed by atoms with E-state index >= 15 is 8.63 Å². The molecule has 1 aromatic heterocycles. The van der Waals surface area contributed by atoms with Gasteiger partial charge in [-0.1, -0.05) is 60.7 Å². The van der Waals surface area contributed by atoms with Gasteiger partial charge in [0, 0.05) is 28.0 Å². The maximum atomic E-state index is 15.3. The molecule has 2 aliphatic rings. The van der Waals surface area contributed by atoms with Crippen molar-refractivity contribution < 1.29 is 18.1 Å². The molecular formula is C36H28BF2N3O2. The molecule has 0 atom stereocenters. The first-order chi connectivity index (χ1) is 21.6. The standard InChI is InChI=1S/C36H28BF2N3O2/c1-43-27-16-13-24(14-17-27)32-22-31(23-9-5-3-6-10-23)35(40-32)41-36-33(25-11-7-4-8-12-25)30-19-15-26-21-28(44-2)18-20-29(26)34(30)42(36)37(38)39/h3-14,16-18,20-22H,15,19H2,1-2H3/b41-35-. The average molecular weight is 583 g/mol. The molecule has 8 heteroatoms. The summed E-state index contributed by atoms with van der Waals surface area (Å²) in [5.74, 6) is 2.01. The number of hydrogen-bond donors (Lipinski definition) is 0. The smallest absolute Gasteiger partial charge is 0.497 e. The second-order valence-electron chi connectivity index (χ2n) is 10.6. The van der Waals surface area contributed by atoms with Gasteiger partial charge in [-0.25, -0.2) is 9.98 Å². The Morgan fingerprint density at radius 3 is 2.07 bits per heavy atom. The Labute approximate surface area is 255 Å². The van der Waals surface area contributed by atoms with Crippen molar-refractivity contribution in [2.75, 3.05) is 14.2 Å². The summed E-state index contributed by atoms with van der Waals surface area (Å²) in [5.41, 5.74) is 7.86. The van der Waals surface area contributed by atoms with Gasteiger partial charge in [-0.3, -0.25) is 8.63 Å². The van der Waals surface area contributed by atoms with Crippen LogP contribution < -0.4 is 9.47 Å². The summed E-state index contributed by atoms with van der Waals surface area (Å²) < 4.78 is 42.5. The normalized spacial score (nSPS) is 14.5. The number of amidine groups is 1. The van der Waals surface area contributed by atoms with Crippen LogP contribution in [0.2, 0.25) is 0 Å². The quantitative estimate of drug-likeness (QED) is 0.181. The first-order valence-corrected chi connectivity index (χ1v) is 14.4. The van der Waals surface area contributed by atoms with E-state index in [1.54, 1.807) is 14.2 Å². The van der Waals surface area contributed by atoms with Gasteiger partial charge in [0.25, 0.3) is 0 Å². The van der Waals surface area contributed by atoms with Crippen molar-refractivity contribution in [1.29, 1.82) is 0 Å². The number of methoxy groups -OCH3 is 2. The third-order valence-corrected chi connectivity index (χ3v) is 8.18. The third kappa shape index (κ3) is 4.82. The Bertz CT molecular complexity index is 1950. The molecule has 1 aliphatic heterocycles. The zero-order valence-corrected chi connectivity index (χ0v) is 24.3. The predicted octanol–water partition coefficient (Wildman–Crippen LogP) is 8.33. The first-order valence-electron chi connectivity index (χ1n) is 14.4. The number of halogens is 2. The fourth-order valence-corrected chi connectivity index (χ4v) is 6.10. The molecule has 216 valence electrons. The van der Waals surface area contributed by atoms with Gasteiger partial charge in [0.15, 0.2) is 5.84 Å². The maximum absolute atomic E-state index is 15.3. The van der Waals surface area contributed by atoms with E-state index in [0.29, 0.717) is 41.4 Å². The second-order valence-corrected chi connectivity index (χ2v) is 10.6. The summed E-state index contributed by atoms with van der Waals surface area (Å²) in [6, 6.07) is 32.7. The summed E-state index contributed by atoms with van der Waals surface area (Å²) in [5, 5.41) is 0. The number of ether oxygens (including phenoxy) is 2. The van der Waals surface area contributed by atoms with Gasteiger partial charge >= 0.3 is 7.40 Å². The van der Waals surface area contributed by atoms with Crippen LogP contribution in [0.3, 0.4) is 0 Å². The lowest BCUT2D eigenvalue weighted by Gasteiger charge is -2.20. The molecule has 0 spiro atoms. The Kier molecular flexibility index (Phi) is 7.18. The van der Waals surface area contributed by atoms with Crippen LogP contribution in [-0.2, 0) is 12.8 Å². The molecule has 0 N–H and O–H groups in total. The molecule has 0 saturated carbocycles. The van der Waals surface area contributed by atoms with Crippen molar-refractivity contribution in [2.24, 2.45) is 9.98 Å². The molecule has 2 heterocycles. The van der Waals surface area contributed by atoms with Crippen molar-refractivity contribution in [3.05, 3.63) is 131 Å². The molecule has 7 rings (SSSR count). The minimum absolute atomic E-state index is 0.191. The fraction of sp³-hybridized carbons (Fsp3) is 0.111. The SMILES string of the molecule is COc1ccc(C2=N/C(=N\c3c(-c4ccccc4)c4c(n3B(F)F)-c3ccc(OC)cc3CC4)C(c3ccccc3)=C2)cc1. The summed E-state index contributed by atoms with van der Waals surface area (Å²) in [4.78, 5) is 9.96. The van der Waals surface area contributed by atoms with E-state index in [4.69, 9.17) is 19.5 Å². The molecule has 0 amide bonds. The number of hydrogen-bond acceptors (Lipinski definition) is 3. The van der Waals surface area contributed by atoms with Crippen LogP contribution in [-0.4, -0.2) is 37.6 Å². The lowest BCUT2D eigenvalue weighted by Crippen LogP contribution is -2.16. The Morgan fingerprint density at radius 2 is 1.41 bits per heavy atom. The minimum Gasteiger partial charge on any atom is -0.497 e. The zero-order valence-electron chi connectivity index (χ0n) is 24.3. The van der Waals surface area contributed by atoms with E-state index < -0.39 is 7.40 Å². The lowest BCUT2D eigenvalue weighted by molar-refractivity contribution is 0.414. The highest BCUT2D eigenvalue weighted by Gasteiger charge is 2.35. The van der Waals surface area contributed by atoms with E-state index in [0.717, 1.165) is 49.2 Å². The van der Waals surface area contributed by atoms with Crippen molar-refractivity contribution in [1.82, 2.24) is 4.48 Å². The highest BCUT2D eigenvalue weighted by atomic mass is 19.2. The number of rotatable bonds is 7. The van der Waals surface area contributed by atoms with Crippen molar-refractivity contribution >= 4 is 30.3 Å². The first kappa shape index (κ1) is 27.6.